The molecule has 0 saturated carbocycles. The quantitative estimate of drug-likeness (QED) is 0.0195. The first-order chi connectivity index (χ1) is 42.2. The molecule has 86 heavy (non-hydrogen) atoms. The predicted octanol–water partition coefficient (Wildman–Crippen LogP) is 18.7. The van der Waals surface area contributed by atoms with E-state index < -0.39 is 67.4 Å². The Kier molecular flexibility index (Phi) is 58.8. The Morgan fingerprint density at radius 3 is 1.23 bits per heavy atom. The molecule has 1 rings (SSSR count). The molecule has 1 heterocycles. The van der Waals surface area contributed by atoms with Gasteiger partial charge in [0.25, 0.3) is 0 Å². The number of nitrogens with one attached hydrogen (secondary N) is 1. The summed E-state index contributed by atoms with van der Waals surface area (Å²) in [4.78, 5) is 26.7. The van der Waals surface area contributed by atoms with Crippen molar-refractivity contribution in [1.29, 1.82) is 0 Å². The van der Waals surface area contributed by atoms with Gasteiger partial charge in [-0.15, -0.1) is 0 Å². The number of unbranched alkanes of at least 4 members (excludes halogenated alkanes) is 38. The third-order valence-corrected chi connectivity index (χ3v) is 16.8. The molecule has 1 saturated heterocycles. The van der Waals surface area contributed by atoms with Gasteiger partial charge in [-0.1, -0.05) is 299 Å². The molecule has 1 fully saturated rings. The summed E-state index contributed by atoms with van der Waals surface area (Å²) in [5.74, 6) is -1.19. The lowest BCUT2D eigenvalue weighted by atomic mass is 9.99. The van der Waals surface area contributed by atoms with Crippen LogP contribution in [0.5, 0.6) is 0 Å². The van der Waals surface area contributed by atoms with Crippen LogP contribution in [0.1, 0.15) is 329 Å². The van der Waals surface area contributed by atoms with E-state index in [0.29, 0.717) is 12.8 Å². The standard InChI is InChI=1S/C75H135NO10/c1-4-7-10-13-16-19-22-25-27-29-31-32-33-34-35-36-37-38-39-41-43-45-48-51-54-57-60-63-70(80)86-73-72(82)71(81)69(64-77)85-75(73)84-65-66(67(78)61-58-55-52-49-46-24-21-18-15-12-9-6-3)76-74(83)68(79)62-59-56-53-50-47-44-42-40-30-28-26-23-20-17-14-11-8-5-2/h16,19,25-28,31-32,34-35,58,61,66-69,71-73,75,77-79,81-82H,4-15,17-18,20-24,29-30,33,36-57,59-60,62-65H2,1-3H3,(H,76,83)/b19-16-,27-25-,28-26+,32-31-,35-34-,61-58+. The second-order valence-electron chi connectivity index (χ2n) is 25.0. The molecule has 8 unspecified atom stereocenters. The van der Waals surface area contributed by atoms with Crippen molar-refractivity contribution in [3.8, 4) is 0 Å². The maximum atomic E-state index is 13.5. The number of ether oxygens (including phenoxy) is 3. The minimum absolute atomic E-state index is 0.118. The zero-order valence-electron chi connectivity index (χ0n) is 55.7. The molecule has 6 N–H and O–H groups in total. The first-order valence-corrected chi connectivity index (χ1v) is 36.2. The summed E-state index contributed by atoms with van der Waals surface area (Å²) in [7, 11) is 0. The van der Waals surface area contributed by atoms with Crippen LogP contribution in [0, 0.1) is 0 Å². The average Bonchev–Trinajstić information content (AvgIpc) is 2.65. The third kappa shape index (κ3) is 49.0. The maximum Gasteiger partial charge on any atom is 0.306 e. The van der Waals surface area contributed by atoms with E-state index in [2.05, 4.69) is 86.8 Å². The lowest BCUT2D eigenvalue weighted by Gasteiger charge is -2.41. The van der Waals surface area contributed by atoms with Crippen molar-refractivity contribution in [1.82, 2.24) is 5.32 Å². The summed E-state index contributed by atoms with van der Waals surface area (Å²) in [6, 6.07) is -1.03. The molecule has 1 aliphatic heterocycles. The highest BCUT2D eigenvalue weighted by molar-refractivity contribution is 5.80. The molecule has 0 aliphatic carbocycles. The van der Waals surface area contributed by atoms with Crippen LogP contribution in [-0.4, -0.2) is 99.6 Å². The summed E-state index contributed by atoms with van der Waals surface area (Å²) in [6.45, 7) is 5.79. The van der Waals surface area contributed by atoms with Gasteiger partial charge in [-0.3, -0.25) is 9.59 Å². The number of aliphatic hydroxyl groups is 5. The van der Waals surface area contributed by atoms with Gasteiger partial charge in [-0.2, -0.15) is 0 Å². The molecule has 8 atom stereocenters. The second kappa shape index (κ2) is 62.3. The fraction of sp³-hybridized carbons (Fsp3) is 0.813. The number of amides is 1. The van der Waals surface area contributed by atoms with E-state index >= 15 is 0 Å². The lowest BCUT2D eigenvalue weighted by molar-refractivity contribution is -0.305. The Labute approximate surface area is 528 Å². The van der Waals surface area contributed by atoms with Gasteiger partial charge in [0.2, 0.25) is 5.91 Å². The van der Waals surface area contributed by atoms with Crippen molar-refractivity contribution in [3.63, 3.8) is 0 Å². The Balaban J connectivity index is 2.55. The number of aliphatic hydroxyl groups excluding tert-OH is 5. The minimum atomic E-state index is -1.62. The molecule has 0 aromatic carbocycles. The molecule has 500 valence electrons. The van der Waals surface area contributed by atoms with E-state index in [0.717, 1.165) is 89.9 Å². The van der Waals surface area contributed by atoms with Gasteiger partial charge >= 0.3 is 5.97 Å². The normalized spacial score (nSPS) is 18.7. The van der Waals surface area contributed by atoms with Gasteiger partial charge in [0.1, 0.15) is 24.4 Å². The molecule has 0 bridgehead atoms. The highest BCUT2D eigenvalue weighted by Gasteiger charge is 2.47. The summed E-state index contributed by atoms with van der Waals surface area (Å²) >= 11 is 0. The van der Waals surface area contributed by atoms with Gasteiger partial charge in [-0.05, 0) is 96.3 Å². The SMILES string of the molecule is CCCCC/C=C\C/C=C\C/C=C\C/C=C\CCCCCCCCCCCCCC(=O)OC1C(OCC(NC(=O)C(O)CCCCCCCCCC/C=C/CCCCCCCC)C(O)/C=C/CCCCCCCCCCCC)OC(CO)C(O)C1O. The van der Waals surface area contributed by atoms with E-state index in [1.165, 1.54) is 193 Å². The molecule has 0 radical (unpaired) electrons. The number of allylic oxidation sites excluding steroid dienone is 11. The van der Waals surface area contributed by atoms with Gasteiger partial charge in [0.15, 0.2) is 12.4 Å². The fourth-order valence-electron chi connectivity index (χ4n) is 11.1. The average molecular weight is 1210 g/mol. The highest BCUT2D eigenvalue weighted by Crippen LogP contribution is 2.26. The molecule has 1 amide bonds. The van der Waals surface area contributed by atoms with Crippen molar-refractivity contribution in [2.24, 2.45) is 0 Å². The van der Waals surface area contributed by atoms with Crippen molar-refractivity contribution in [2.45, 2.75) is 378 Å². The van der Waals surface area contributed by atoms with Crippen LogP contribution in [0.2, 0.25) is 0 Å². The van der Waals surface area contributed by atoms with Crippen LogP contribution in [0.3, 0.4) is 0 Å². The van der Waals surface area contributed by atoms with Gasteiger partial charge in [0, 0.05) is 6.42 Å². The lowest BCUT2D eigenvalue weighted by Crippen LogP contribution is -2.61. The van der Waals surface area contributed by atoms with E-state index in [1.807, 2.05) is 6.08 Å². The van der Waals surface area contributed by atoms with Crippen LogP contribution in [-0.2, 0) is 23.8 Å². The van der Waals surface area contributed by atoms with Gasteiger partial charge in [0.05, 0.1) is 25.4 Å². The van der Waals surface area contributed by atoms with Crippen molar-refractivity contribution < 1.29 is 49.3 Å². The van der Waals surface area contributed by atoms with E-state index in [1.54, 1.807) is 6.08 Å². The third-order valence-electron chi connectivity index (χ3n) is 16.8. The van der Waals surface area contributed by atoms with Crippen molar-refractivity contribution in [3.05, 3.63) is 72.9 Å². The monoisotopic (exact) mass is 1210 g/mol. The summed E-state index contributed by atoms with van der Waals surface area (Å²) in [5, 5.41) is 57.2. The number of carbonyl (C=O) groups excluding carboxylic acids is 2. The fourth-order valence-corrected chi connectivity index (χ4v) is 11.1. The zero-order valence-corrected chi connectivity index (χ0v) is 55.7. The Bertz CT molecular complexity index is 1680. The summed E-state index contributed by atoms with van der Waals surface area (Å²) in [6.07, 6.45) is 70.8. The number of hydrogen-bond acceptors (Lipinski definition) is 10. The molecule has 1 aliphatic rings. The van der Waals surface area contributed by atoms with Crippen molar-refractivity contribution in [2.75, 3.05) is 13.2 Å². The summed E-state index contributed by atoms with van der Waals surface area (Å²) in [5.41, 5.74) is 0. The van der Waals surface area contributed by atoms with Gasteiger partial charge in [-0.25, -0.2) is 0 Å². The van der Waals surface area contributed by atoms with Crippen LogP contribution in [0.4, 0.5) is 0 Å². The first-order valence-electron chi connectivity index (χ1n) is 36.2. The largest absolute Gasteiger partial charge is 0.454 e. The summed E-state index contributed by atoms with van der Waals surface area (Å²) < 4.78 is 17.7. The van der Waals surface area contributed by atoms with E-state index in [-0.39, 0.29) is 19.4 Å². The van der Waals surface area contributed by atoms with Gasteiger partial charge < -0.3 is 45.1 Å². The van der Waals surface area contributed by atoms with E-state index in [9.17, 15) is 35.1 Å². The molecule has 0 aromatic heterocycles. The number of carbonyl (C=O) groups is 2. The molecular weight excluding hydrogens is 1070 g/mol. The van der Waals surface area contributed by atoms with Crippen LogP contribution < -0.4 is 5.32 Å². The van der Waals surface area contributed by atoms with E-state index in [4.69, 9.17) is 14.2 Å². The molecular formula is C75H135NO10. The Hall–Kier alpha value is -2.90. The Morgan fingerprint density at radius 1 is 0.453 bits per heavy atom. The topological polar surface area (TPSA) is 175 Å². The number of esters is 1. The Morgan fingerprint density at radius 2 is 0.802 bits per heavy atom. The first kappa shape index (κ1) is 81.1. The second-order valence-corrected chi connectivity index (χ2v) is 25.0. The predicted molar refractivity (Wildman–Crippen MR) is 361 cm³/mol. The molecule has 0 aromatic rings. The van der Waals surface area contributed by atoms with Crippen LogP contribution >= 0.6 is 0 Å². The maximum absolute atomic E-state index is 13.5. The minimum Gasteiger partial charge on any atom is -0.454 e. The zero-order chi connectivity index (χ0) is 62.4. The number of rotatable bonds is 62. The molecule has 0 spiro atoms. The van der Waals surface area contributed by atoms with Crippen LogP contribution in [0.15, 0.2) is 72.9 Å². The highest BCUT2D eigenvalue weighted by atomic mass is 16.7. The van der Waals surface area contributed by atoms with Crippen molar-refractivity contribution >= 4 is 11.9 Å². The molecule has 11 heteroatoms. The molecule has 11 nitrogen and oxygen atoms in total. The van der Waals surface area contributed by atoms with Crippen LogP contribution in [0.25, 0.3) is 0 Å². The number of hydrogen-bond donors (Lipinski definition) is 6. The smallest absolute Gasteiger partial charge is 0.306 e.